The number of carboxylic acid groups (broad SMARTS) is 2. The van der Waals surface area contributed by atoms with E-state index in [1.54, 1.807) is 48.5 Å². The van der Waals surface area contributed by atoms with E-state index >= 15 is 0 Å². The van der Waals surface area contributed by atoms with Crippen LogP contribution in [0.3, 0.4) is 0 Å². The first kappa shape index (κ1) is 16.7. The van der Waals surface area contributed by atoms with Gasteiger partial charge in [-0.15, -0.1) is 0 Å². The molecule has 4 nitrogen and oxygen atoms in total. The minimum atomic E-state index is -2.10. The molecule has 2 aromatic carbocycles. The summed E-state index contributed by atoms with van der Waals surface area (Å²) in [5.74, 6) is -2.74. The van der Waals surface area contributed by atoms with Crippen molar-refractivity contribution in [2.24, 2.45) is 0 Å². The first-order valence-electron chi connectivity index (χ1n) is 7.63. The molecule has 0 saturated carbocycles. The van der Waals surface area contributed by atoms with Crippen LogP contribution in [0.4, 0.5) is 0 Å². The fourth-order valence-corrected chi connectivity index (χ4v) is 3.09. The number of carbonyl (C=O) groups is 2. The number of hydrogen-bond acceptors (Lipinski definition) is 2. The average Bonchev–Trinajstić information content (AvgIpc) is 2.55. The minimum absolute atomic E-state index is 0.323. The molecule has 2 rings (SSSR count). The van der Waals surface area contributed by atoms with Gasteiger partial charge >= 0.3 is 11.9 Å². The standard InChI is InChI=1S/C19H20O4/c1-3-13-9-5-7-11-15(13)19(17(20)21,18(22)23)16-12-8-6-10-14(16)4-2/h5-12H,3-4H2,1-2H3,(H,20,21)(H,22,23). The van der Waals surface area contributed by atoms with Crippen molar-refractivity contribution in [2.75, 3.05) is 0 Å². The van der Waals surface area contributed by atoms with Crippen LogP contribution >= 0.6 is 0 Å². The van der Waals surface area contributed by atoms with E-state index in [1.165, 1.54) is 0 Å². The fraction of sp³-hybridized carbons (Fsp3) is 0.263. The summed E-state index contributed by atoms with van der Waals surface area (Å²) in [5.41, 5.74) is -0.00244. The quantitative estimate of drug-likeness (QED) is 0.803. The van der Waals surface area contributed by atoms with E-state index in [2.05, 4.69) is 0 Å². The predicted molar refractivity (Wildman–Crippen MR) is 87.7 cm³/mol. The van der Waals surface area contributed by atoms with Gasteiger partial charge in [-0.1, -0.05) is 62.4 Å². The summed E-state index contributed by atoms with van der Waals surface area (Å²) in [6.45, 7) is 3.78. The van der Waals surface area contributed by atoms with Crippen LogP contribution in [-0.2, 0) is 27.8 Å². The van der Waals surface area contributed by atoms with E-state index in [0.29, 0.717) is 24.0 Å². The summed E-state index contributed by atoms with van der Waals surface area (Å²) in [4.78, 5) is 24.4. The summed E-state index contributed by atoms with van der Waals surface area (Å²) in [5, 5.41) is 19.9. The van der Waals surface area contributed by atoms with E-state index in [4.69, 9.17) is 0 Å². The summed E-state index contributed by atoms with van der Waals surface area (Å²) in [7, 11) is 0. The first-order chi connectivity index (χ1) is 11.0. The normalized spacial score (nSPS) is 11.2. The third kappa shape index (κ3) is 2.61. The number of carboxylic acids is 2. The Bertz CT molecular complexity index is 670. The number of hydrogen-bond donors (Lipinski definition) is 2. The summed E-state index contributed by atoms with van der Waals surface area (Å²) >= 11 is 0. The SMILES string of the molecule is CCc1ccccc1C(C(=O)O)(C(=O)O)c1ccccc1CC. The van der Waals surface area contributed by atoms with Gasteiger partial charge in [0.15, 0.2) is 0 Å². The van der Waals surface area contributed by atoms with Crippen molar-refractivity contribution in [1.29, 1.82) is 0 Å². The van der Waals surface area contributed by atoms with Crippen LogP contribution in [0.5, 0.6) is 0 Å². The Morgan fingerprint density at radius 2 is 1.13 bits per heavy atom. The van der Waals surface area contributed by atoms with Crippen LogP contribution in [0.1, 0.15) is 36.1 Å². The summed E-state index contributed by atoms with van der Waals surface area (Å²) in [6, 6.07) is 13.7. The van der Waals surface area contributed by atoms with Gasteiger partial charge in [0.05, 0.1) is 0 Å². The van der Waals surface area contributed by atoms with Crippen LogP contribution in [-0.4, -0.2) is 22.2 Å². The molecule has 120 valence electrons. The second-order valence-corrected chi connectivity index (χ2v) is 5.38. The lowest BCUT2D eigenvalue weighted by atomic mass is 9.70. The Morgan fingerprint density at radius 1 is 0.783 bits per heavy atom. The molecular weight excluding hydrogens is 292 g/mol. The maximum Gasteiger partial charge on any atom is 0.330 e. The Hall–Kier alpha value is -2.62. The van der Waals surface area contributed by atoms with E-state index in [0.717, 1.165) is 11.1 Å². The van der Waals surface area contributed by atoms with Gasteiger partial charge in [-0.3, -0.25) is 9.59 Å². The molecule has 0 spiro atoms. The van der Waals surface area contributed by atoms with Gasteiger partial charge in [0, 0.05) is 0 Å². The van der Waals surface area contributed by atoms with Crippen LogP contribution in [0, 0.1) is 0 Å². The summed E-state index contributed by atoms with van der Waals surface area (Å²) in [6.07, 6.45) is 1.12. The van der Waals surface area contributed by atoms with Crippen molar-refractivity contribution < 1.29 is 19.8 Å². The van der Waals surface area contributed by atoms with E-state index in [-0.39, 0.29) is 0 Å². The predicted octanol–water partition coefficient (Wildman–Crippen LogP) is 3.27. The van der Waals surface area contributed by atoms with Gasteiger partial charge < -0.3 is 10.2 Å². The van der Waals surface area contributed by atoms with Crippen LogP contribution < -0.4 is 0 Å². The topological polar surface area (TPSA) is 74.6 Å². The fourth-order valence-electron chi connectivity index (χ4n) is 3.09. The monoisotopic (exact) mass is 312 g/mol. The van der Waals surface area contributed by atoms with Gasteiger partial charge in [-0.05, 0) is 35.1 Å². The van der Waals surface area contributed by atoms with Crippen LogP contribution in [0.25, 0.3) is 0 Å². The van der Waals surface area contributed by atoms with Gasteiger partial charge in [0.1, 0.15) is 0 Å². The molecule has 23 heavy (non-hydrogen) atoms. The van der Waals surface area contributed by atoms with E-state index in [9.17, 15) is 19.8 Å². The Kier molecular flexibility index (Phi) is 4.84. The van der Waals surface area contributed by atoms with Crippen molar-refractivity contribution >= 4 is 11.9 Å². The van der Waals surface area contributed by atoms with Crippen molar-refractivity contribution in [2.45, 2.75) is 32.1 Å². The highest BCUT2D eigenvalue weighted by Crippen LogP contribution is 2.37. The van der Waals surface area contributed by atoms with Crippen molar-refractivity contribution in [1.82, 2.24) is 0 Å². The van der Waals surface area contributed by atoms with Crippen molar-refractivity contribution in [3.8, 4) is 0 Å². The molecular formula is C19H20O4. The molecule has 2 N–H and O–H groups in total. The highest BCUT2D eigenvalue weighted by Gasteiger charge is 2.51. The maximum absolute atomic E-state index is 12.2. The molecule has 2 aromatic rings. The summed E-state index contributed by atoms with van der Waals surface area (Å²) < 4.78 is 0. The third-order valence-corrected chi connectivity index (χ3v) is 4.25. The lowest BCUT2D eigenvalue weighted by Gasteiger charge is -2.30. The molecule has 0 fully saturated rings. The molecule has 0 radical (unpaired) electrons. The van der Waals surface area contributed by atoms with Crippen LogP contribution in [0.15, 0.2) is 48.5 Å². The van der Waals surface area contributed by atoms with Gasteiger partial charge in [-0.25, -0.2) is 0 Å². The lowest BCUT2D eigenvalue weighted by molar-refractivity contribution is -0.155. The minimum Gasteiger partial charge on any atom is -0.480 e. The zero-order chi connectivity index (χ0) is 17.0. The first-order valence-corrected chi connectivity index (χ1v) is 7.63. The highest BCUT2D eigenvalue weighted by atomic mass is 16.4. The molecule has 4 heteroatoms. The second kappa shape index (κ2) is 6.65. The van der Waals surface area contributed by atoms with Crippen LogP contribution in [0.2, 0.25) is 0 Å². The molecule has 0 saturated heterocycles. The smallest absolute Gasteiger partial charge is 0.330 e. The maximum atomic E-state index is 12.2. The highest BCUT2D eigenvalue weighted by molar-refractivity contribution is 6.09. The molecule has 0 aliphatic heterocycles. The molecule has 0 bridgehead atoms. The Morgan fingerprint density at radius 3 is 1.43 bits per heavy atom. The number of rotatable bonds is 6. The van der Waals surface area contributed by atoms with Gasteiger partial charge in [-0.2, -0.15) is 0 Å². The number of aryl methyl sites for hydroxylation is 2. The van der Waals surface area contributed by atoms with Crippen molar-refractivity contribution in [3.05, 3.63) is 70.8 Å². The molecule has 0 aliphatic carbocycles. The number of aliphatic carboxylic acids is 2. The second-order valence-electron chi connectivity index (χ2n) is 5.38. The van der Waals surface area contributed by atoms with Crippen molar-refractivity contribution in [3.63, 3.8) is 0 Å². The zero-order valence-corrected chi connectivity index (χ0v) is 13.2. The molecule has 0 atom stereocenters. The third-order valence-electron chi connectivity index (χ3n) is 4.25. The molecule has 0 heterocycles. The van der Waals surface area contributed by atoms with E-state index in [1.807, 2.05) is 13.8 Å². The molecule has 0 unspecified atom stereocenters. The van der Waals surface area contributed by atoms with E-state index < -0.39 is 17.4 Å². The Labute approximate surface area is 135 Å². The van der Waals surface area contributed by atoms with Gasteiger partial charge in [0.2, 0.25) is 5.41 Å². The lowest BCUT2D eigenvalue weighted by Crippen LogP contribution is -2.46. The average molecular weight is 312 g/mol. The number of benzene rings is 2. The molecule has 0 amide bonds. The van der Waals surface area contributed by atoms with Gasteiger partial charge in [0.25, 0.3) is 0 Å². The Balaban J connectivity index is 2.92. The molecule has 0 aromatic heterocycles. The largest absolute Gasteiger partial charge is 0.480 e. The zero-order valence-electron chi connectivity index (χ0n) is 13.2. The molecule has 0 aliphatic rings.